The number of carbonyl (C=O) groups excluding carboxylic acids is 1. The minimum atomic E-state index is -0.199. The van der Waals surface area contributed by atoms with E-state index in [0.717, 1.165) is 45.6 Å². The summed E-state index contributed by atoms with van der Waals surface area (Å²) in [6.45, 7) is 7.92. The first-order valence-electron chi connectivity index (χ1n) is 10.1. The number of para-hydroxylation sites is 1. The van der Waals surface area contributed by atoms with Gasteiger partial charge in [0, 0.05) is 45.0 Å². The molecule has 1 amide bonds. The highest BCUT2D eigenvalue weighted by Crippen LogP contribution is 2.21. The number of aryl methyl sites for hydroxylation is 1. The average molecular weight is 384 g/mol. The molecule has 2 fully saturated rings. The summed E-state index contributed by atoms with van der Waals surface area (Å²) in [5, 5.41) is 2.88. The maximum Gasteiger partial charge on any atom is 0.273 e. The molecule has 28 heavy (non-hydrogen) atoms. The molecule has 3 heterocycles. The zero-order valence-electron chi connectivity index (χ0n) is 16.4. The van der Waals surface area contributed by atoms with E-state index in [-0.39, 0.29) is 12.0 Å². The van der Waals surface area contributed by atoms with Gasteiger partial charge in [-0.05, 0) is 31.4 Å². The zero-order valence-corrected chi connectivity index (χ0v) is 16.4. The second-order valence-electron chi connectivity index (χ2n) is 7.52. The molecular formula is C21H28N4O3. The molecule has 1 N–H and O–H groups in total. The Hall–Kier alpha value is -2.38. The first-order chi connectivity index (χ1) is 13.7. The number of amides is 1. The third-order valence-electron chi connectivity index (χ3n) is 5.49. The number of hydrogen-bond acceptors (Lipinski definition) is 6. The number of piperazine rings is 1. The fourth-order valence-corrected chi connectivity index (χ4v) is 3.85. The van der Waals surface area contributed by atoms with Crippen LogP contribution in [0.15, 0.2) is 34.9 Å². The Morgan fingerprint density at radius 1 is 1.25 bits per heavy atom. The van der Waals surface area contributed by atoms with Crippen molar-refractivity contribution in [1.82, 2.24) is 15.2 Å². The lowest BCUT2D eigenvalue weighted by Gasteiger charge is -2.36. The fraction of sp³-hybridized carbons (Fsp3) is 0.524. The molecule has 1 unspecified atom stereocenters. The Kier molecular flexibility index (Phi) is 5.92. The summed E-state index contributed by atoms with van der Waals surface area (Å²) in [4.78, 5) is 21.3. The molecule has 0 aliphatic carbocycles. The Bertz CT molecular complexity index is 792. The van der Waals surface area contributed by atoms with Crippen LogP contribution in [-0.2, 0) is 11.3 Å². The van der Waals surface area contributed by atoms with E-state index < -0.39 is 0 Å². The largest absolute Gasteiger partial charge is 0.447 e. The van der Waals surface area contributed by atoms with E-state index in [4.69, 9.17) is 9.15 Å². The van der Waals surface area contributed by atoms with Crippen LogP contribution < -0.4 is 10.2 Å². The van der Waals surface area contributed by atoms with Gasteiger partial charge in [0.15, 0.2) is 5.69 Å². The van der Waals surface area contributed by atoms with Crippen molar-refractivity contribution in [3.8, 4) is 0 Å². The van der Waals surface area contributed by atoms with Gasteiger partial charge < -0.3 is 19.4 Å². The number of benzene rings is 1. The third kappa shape index (κ3) is 4.54. The highest BCUT2D eigenvalue weighted by Gasteiger charge is 2.21. The highest BCUT2D eigenvalue weighted by molar-refractivity contribution is 5.91. The lowest BCUT2D eigenvalue weighted by atomic mass is 10.1. The fourth-order valence-electron chi connectivity index (χ4n) is 3.85. The van der Waals surface area contributed by atoms with Crippen LogP contribution in [0.25, 0.3) is 0 Å². The molecule has 7 heteroatoms. The first kappa shape index (κ1) is 19.0. The van der Waals surface area contributed by atoms with E-state index in [1.807, 2.05) is 0 Å². The van der Waals surface area contributed by atoms with Gasteiger partial charge in [-0.25, -0.2) is 4.98 Å². The predicted octanol–water partition coefficient (Wildman–Crippen LogP) is 2.21. The lowest BCUT2D eigenvalue weighted by molar-refractivity contribution is 0.0853. The zero-order chi connectivity index (χ0) is 19.3. The summed E-state index contributed by atoms with van der Waals surface area (Å²) in [6, 6.07) is 8.50. The Balaban J connectivity index is 1.25. The van der Waals surface area contributed by atoms with Crippen LogP contribution in [0.5, 0.6) is 0 Å². The molecule has 2 aliphatic rings. The van der Waals surface area contributed by atoms with Crippen LogP contribution in [0.2, 0.25) is 0 Å². The van der Waals surface area contributed by atoms with Crippen molar-refractivity contribution in [3.05, 3.63) is 47.7 Å². The van der Waals surface area contributed by atoms with E-state index in [0.29, 0.717) is 24.7 Å². The topological polar surface area (TPSA) is 70.8 Å². The lowest BCUT2D eigenvalue weighted by Crippen LogP contribution is -2.46. The van der Waals surface area contributed by atoms with Crippen LogP contribution in [0, 0.1) is 6.92 Å². The second kappa shape index (κ2) is 8.75. The molecule has 2 saturated heterocycles. The van der Waals surface area contributed by atoms with E-state index in [2.05, 4.69) is 51.3 Å². The van der Waals surface area contributed by atoms with Crippen LogP contribution in [0.3, 0.4) is 0 Å². The molecule has 0 bridgehead atoms. The van der Waals surface area contributed by atoms with E-state index >= 15 is 0 Å². The van der Waals surface area contributed by atoms with Gasteiger partial charge in [0.1, 0.15) is 6.26 Å². The summed E-state index contributed by atoms with van der Waals surface area (Å²) in [7, 11) is 0. The van der Waals surface area contributed by atoms with Crippen molar-refractivity contribution >= 4 is 11.6 Å². The monoisotopic (exact) mass is 384 g/mol. The minimum Gasteiger partial charge on any atom is -0.447 e. The molecule has 4 rings (SSSR count). The van der Waals surface area contributed by atoms with Crippen LogP contribution in [0.4, 0.5) is 5.69 Å². The van der Waals surface area contributed by atoms with Crippen molar-refractivity contribution in [3.63, 3.8) is 0 Å². The van der Waals surface area contributed by atoms with Crippen LogP contribution in [-0.4, -0.2) is 61.2 Å². The van der Waals surface area contributed by atoms with Crippen molar-refractivity contribution < 1.29 is 13.9 Å². The summed E-state index contributed by atoms with van der Waals surface area (Å²) >= 11 is 0. The van der Waals surface area contributed by atoms with E-state index in [9.17, 15) is 4.79 Å². The van der Waals surface area contributed by atoms with Crippen molar-refractivity contribution in [2.24, 2.45) is 0 Å². The van der Waals surface area contributed by atoms with Crippen LogP contribution >= 0.6 is 0 Å². The molecule has 1 aromatic carbocycles. The molecule has 2 aromatic rings. The summed E-state index contributed by atoms with van der Waals surface area (Å²) in [5.74, 6) is 0.390. The molecule has 0 spiro atoms. The van der Waals surface area contributed by atoms with Gasteiger partial charge in [-0.1, -0.05) is 18.2 Å². The number of hydrogen-bond donors (Lipinski definition) is 1. The predicted molar refractivity (Wildman–Crippen MR) is 106 cm³/mol. The number of nitrogens with one attached hydrogen (secondary N) is 1. The SMILES string of the molecule is Cc1ccccc1N1CCN(Cc2nc(C(=O)NCC3CCCO3)co2)CC1. The Morgan fingerprint density at radius 2 is 2.07 bits per heavy atom. The van der Waals surface area contributed by atoms with Gasteiger partial charge in [-0.3, -0.25) is 9.69 Å². The average Bonchev–Trinajstić information content (AvgIpc) is 3.39. The molecule has 7 nitrogen and oxygen atoms in total. The smallest absolute Gasteiger partial charge is 0.273 e. The van der Waals surface area contributed by atoms with Gasteiger partial charge in [0.05, 0.1) is 12.6 Å². The molecule has 150 valence electrons. The van der Waals surface area contributed by atoms with Crippen LogP contribution in [0.1, 0.15) is 34.8 Å². The second-order valence-corrected chi connectivity index (χ2v) is 7.52. The number of aromatic nitrogens is 1. The van der Waals surface area contributed by atoms with Gasteiger partial charge >= 0.3 is 0 Å². The number of oxazole rings is 1. The maximum atomic E-state index is 12.2. The number of anilines is 1. The number of ether oxygens (including phenoxy) is 1. The molecule has 0 saturated carbocycles. The molecule has 1 aromatic heterocycles. The van der Waals surface area contributed by atoms with Gasteiger partial charge in [-0.15, -0.1) is 0 Å². The summed E-state index contributed by atoms with van der Waals surface area (Å²) in [5.41, 5.74) is 2.96. The normalized spacial score (nSPS) is 20.5. The van der Waals surface area contributed by atoms with Gasteiger partial charge in [-0.2, -0.15) is 0 Å². The Morgan fingerprint density at radius 3 is 2.82 bits per heavy atom. The first-order valence-corrected chi connectivity index (χ1v) is 10.1. The number of rotatable bonds is 6. The maximum absolute atomic E-state index is 12.2. The quantitative estimate of drug-likeness (QED) is 0.824. The standard InChI is InChI=1S/C21H28N4O3/c1-16-5-2-3-7-19(16)25-10-8-24(9-11-25)14-20-23-18(15-28-20)21(26)22-13-17-6-4-12-27-17/h2-3,5,7,15,17H,4,6,8-14H2,1H3,(H,22,26). The van der Waals surface area contributed by atoms with Gasteiger partial charge in [0.25, 0.3) is 5.91 Å². The van der Waals surface area contributed by atoms with E-state index in [1.165, 1.54) is 17.5 Å². The number of nitrogens with zero attached hydrogens (tertiary/aromatic N) is 3. The number of carbonyl (C=O) groups is 1. The van der Waals surface area contributed by atoms with E-state index in [1.54, 1.807) is 0 Å². The highest BCUT2D eigenvalue weighted by atomic mass is 16.5. The summed E-state index contributed by atoms with van der Waals surface area (Å²) < 4.78 is 11.1. The van der Waals surface area contributed by atoms with Crippen molar-refractivity contribution in [2.45, 2.75) is 32.4 Å². The third-order valence-corrected chi connectivity index (χ3v) is 5.49. The van der Waals surface area contributed by atoms with Crippen molar-refractivity contribution in [2.75, 3.05) is 44.2 Å². The van der Waals surface area contributed by atoms with Gasteiger partial charge in [0.2, 0.25) is 5.89 Å². The molecule has 2 aliphatic heterocycles. The minimum absolute atomic E-state index is 0.125. The molecule has 0 radical (unpaired) electrons. The molecular weight excluding hydrogens is 356 g/mol. The Labute approximate surface area is 165 Å². The van der Waals surface area contributed by atoms with Crippen molar-refractivity contribution in [1.29, 1.82) is 0 Å². The molecule has 1 atom stereocenters. The summed E-state index contributed by atoms with van der Waals surface area (Å²) in [6.07, 6.45) is 3.63.